The summed E-state index contributed by atoms with van der Waals surface area (Å²) in [4.78, 5) is 19.6. The molecule has 6 heteroatoms. The third kappa shape index (κ3) is 4.26. The van der Waals surface area contributed by atoms with Gasteiger partial charge in [-0.15, -0.1) is 0 Å². The molecule has 0 saturated carbocycles. The summed E-state index contributed by atoms with van der Waals surface area (Å²) >= 11 is 6.11. The Labute approximate surface area is 176 Å². The number of nitrogens with zero attached hydrogens (tertiary/aromatic N) is 3. The first kappa shape index (κ1) is 20.2. The van der Waals surface area contributed by atoms with Crippen molar-refractivity contribution in [3.63, 3.8) is 0 Å². The predicted octanol–water partition coefficient (Wildman–Crippen LogP) is 4.21. The van der Waals surface area contributed by atoms with Gasteiger partial charge in [0, 0.05) is 51.0 Å². The smallest absolute Gasteiger partial charge is 0.258 e. The molecule has 1 amide bonds. The number of halogens is 2. The van der Waals surface area contributed by atoms with E-state index in [1.165, 1.54) is 23.4 Å². The Balaban J connectivity index is 1.39. The maximum absolute atomic E-state index is 14.2. The van der Waals surface area contributed by atoms with Crippen LogP contribution < -0.4 is 4.90 Å². The van der Waals surface area contributed by atoms with Crippen LogP contribution in [0.2, 0.25) is 5.02 Å². The molecule has 1 unspecified atom stereocenters. The molecule has 0 radical (unpaired) electrons. The van der Waals surface area contributed by atoms with Gasteiger partial charge in [-0.2, -0.15) is 0 Å². The second-order valence-electron chi connectivity index (χ2n) is 7.95. The van der Waals surface area contributed by atoms with Crippen molar-refractivity contribution in [2.24, 2.45) is 0 Å². The number of amides is 1. The van der Waals surface area contributed by atoms with Crippen molar-refractivity contribution in [2.45, 2.75) is 25.8 Å². The molecular weight excluding hydrogens is 389 g/mol. The highest BCUT2D eigenvalue weighted by Crippen LogP contribution is 2.26. The summed E-state index contributed by atoms with van der Waals surface area (Å²) in [6.45, 7) is 7.35. The van der Waals surface area contributed by atoms with Crippen molar-refractivity contribution in [3.8, 4) is 0 Å². The van der Waals surface area contributed by atoms with Gasteiger partial charge in [-0.3, -0.25) is 9.69 Å². The highest BCUT2D eigenvalue weighted by molar-refractivity contribution is 6.33. The molecular formula is C23H27ClFN3O. The molecule has 4 rings (SSSR count). The molecule has 0 N–H and O–H groups in total. The summed E-state index contributed by atoms with van der Waals surface area (Å²) in [6.07, 6.45) is 2.00. The van der Waals surface area contributed by atoms with Crippen LogP contribution in [-0.2, 0) is 0 Å². The molecule has 2 heterocycles. The molecule has 1 atom stereocenters. The van der Waals surface area contributed by atoms with E-state index in [1.54, 1.807) is 11.0 Å². The van der Waals surface area contributed by atoms with Gasteiger partial charge in [0.05, 0.1) is 10.6 Å². The molecule has 4 nitrogen and oxygen atoms in total. The molecule has 2 aliphatic heterocycles. The summed E-state index contributed by atoms with van der Waals surface area (Å²) < 4.78 is 14.2. The number of likely N-dealkylation sites (tertiary alicyclic amines) is 1. The first-order chi connectivity index (χ1) is 14.0. The zero-order chi connectivity index (χ0) is 20.4. The average Bonchev–Trinajstić information content (AvgIpc) is 2.74. The van der Waals surface area contributed by atoms with Crippen molar-refractivity contribution in [1.29, 1.82) is 0 Å². The molecule has 2 saturated heterocycles. The van der Waals surface area contributed by atoms with E-state index in [2.05, 4.69) is 41.0 Å². The molecule has 0 aliphatic carbocycles. The van der Waals surface area contributed by atoms with Crippen molar-refractivity contribution >= 4 is 23.2 Å². The third-order valence-corrected chi connectivity index (χ3v) is 6.46. The number of piperazine rings is 1. The van der Waals surface area contributed by atoms with Crippen molar-refractivity contribution in [2.75, 3.05) is 44.2 Å². The topological polar surface area (TPSA) is 26.8 Å². The Hall–Kier alpha value is -2.11. The number of carbonyl (C=O) groups excluding carboxylic acids is 1. The number of anilines is 1. The summed E-state index contributed by atoms with van der Waals surface area (Å²) in [7, 11) is 0. The summed E-state index contributed by atoms with van der Waals surface area (Å²) in [5.41, 5.74) is 2.61. The average molecular weight is 416 g/mol. The maximum atomic E-state index is 14.2. The first-order valence-electron chi connectivity index (χ1n) is 10.3. The molecule has 2 aromatic carbocycles. The minimum Gasteiger partial charge on any atom is -0.369 e. The Morgan fingerprint density at radius 1 is 1.03 bits per heavy atom. The normalized spacial score (nSPS) is 20.7. The molecule has 2 fully saturated rings. The number of aryl methyl sites for hydroxylation is 1. The van der Waals surface area contributed by atoms with E-state index in [1.807, 2.05) is 0 Å². The fourth-order valence-electron chi connectivity index (χ4n) is 4.54. The zero-order valence-corrected chi connectivity index (χ0v) is 17.5. The molecule has 0 spiro atoms. The van der Waals surface area contributed by atoms with E-state index in [9.17, 15) is 9.18 Å². The van der Waals surface area contributed by atoms with Gasteiger partial charge in [0.25, 0.3) is 5.91 Å². The zero-order valence-electron chi connectivity index (χ0n) is 16.8. The maximum Gasteiger partial charge on any atom is 0.258 e. The highest BCUT2D eigenvalue weighted by Gasteiger charge is 2.32. The number of hydrogen-bond acceptors (Lipinski definition) is 3. The number of rotatable bonds is 3. The van der Waals surface area contributed by atoms with Gasteiger partial charge in [-0.1, -0.05) is 35.9 Å². The lowest BCUT2D eigenvalue weighted by molar-refractivity contribution is 0.0559. The fourth-order valence-corrected chi connectivity index (χ4v) is 4.79. The van der Waals surface area contributed by atoms with E-state index in [0.717, 1.165) is 39.0 Å². The van der Waals surface area contributed by atoms with Gasteiger partial charge in [-0.25, -0.2) is 4.39 Å². The molecule has 0 aromatic heterocycles. The third-order valence-electron chi connectivity index (χ3n) is 6.15. The van der Waals surface area contributed by atoms with E-state index >= 15 is 0 Å². The Bertz CT molecular complexity index is 862. The van der Waals surface area contributed by atoms with Gasteiger partial charge in [0.2, 0.25) is 0 Å². The van der Waals surface area contributed by atoms with Crippen LogP contribution in [-0.4, -0.2) is 61.0 Å². The Kier molecular flexibility index (Phi) is 6.07. The first-order valence-corrected chi connectivity index (χ1v) is 10.7. The second kappa shape index (κ2) is 8.72. The van der Waals surface area contributed by atoms with Crippen LogP contribution in [0.5, 0.6) is 0 Å². The largest absolute Gasteiger partial charge is 0.369 e. The summed E-state index contributed by atoms with van der Waals surface area (Å²) in [5.74, 6) is -0.840. The summed E-state index contributed by atoms with van der Waals surface area (Å²) in [6, 6.07) is 13.2. The quantitative estimate of drug-likeness (QED) is 0.751. The molecule has 29 heavy (non-hydrogen) atoms. The molecule has 0 bridgehead atoms. The van der Waals surface area contributed by atoms with Crippen molar-refractivity contribution < 1.29 is 9.18 Å². The van der Waals surface area contributed by atoms with E-state index in [4.69, 9.17) is 11.6 Å². The number of carbonyl (C=O) groups is 1. The lowest BCUT2D eigenvalue weighted by Gasteiger charge is -2.44. The predicted molar refractivity (Wildman–Crippen MR) is 115 cm³/mol. The van der Waals surface area contributed by atoms with Crippen LogP contribution in [0, 0.1) is 12.7 Å². The van der Waals surface area contributed by atoms with Crippen LogP contribution in [0.15, 0.2) is 42.5 Å². The lowest BCUT2D eigenvalue weighted by atomic mass is 10.0. The number of hydrogen-bond donors (Lipinski definition) is 0. The van der Waals surface area contributed by atoms with Crippen molar-refractivity contribution in [1.82, 2.24) is 9.80 Å². The Morgan fingerprint density at radius 2 is 1.79 bits per heavy atom. The van der Waals surface area contributed by atoms with Gasteiger partial charge in [0.1, 0.15) is 5.82 Å². The van der Waals surface area contributed by atoms with E-state index in [0.29, 0.717) is 19.1 Å². The van der Waals surface area contributed by atoms with Gasteiger partial charge in [-0.05, 0) is 43.5 Å². The van der Waals surface area contributed by atoms with Crippen LogP contribution >= 0.6 is 11.6 Å². The SMILES string of the molecule is Cc1ccccc1N1CCN(C2CCCN(C(=O)c3c(F)cccc3Cl)C2)CC1. The minimum absolute atomic E-state index is 0.000751. The van der Waals surface area contributed by atoms with Crippen LogP contribution in [0.4, 0.5) is 10.1 Å². The van der Waals surface area contributed by atoms with Crippen LogP contribution in [0.3, 0.4) is 0 Å². The van der Waals surface area contributed by atoms with Crippen LogP contribution in [0.25, 0.3) is 0 Å². The fraction of sp³-hybridized carbons (Fsp3) is 0.435. The molecule has 2 aromatic rings. The Morgan fingerprint density at radius 3 is 2.52 bits per heavy atom. The van der Waals surface area contributed by atoms with Gasteiger partial charge < -0.3 is 9.80 Å². The number of para-hydroxylation sites is 1. The summed E-state index contributed by atoms with van der Waals surface area (Å²) in [5, 5.41) is 0.184. The minimum atomic E-state index is -0.545. The lowest BCUT2D eigenvalue weighted by Crippen LogP contribution is -2.56. The second-order valence-corrected chi connectivity index (χ2v) is 8.36. The van der Waals surface area contributed by atoms with E-state index in [-0.39, 0.29) is 16.5 Å². The highest BCUT2D eigenvalue weighted by atomic mass is 35.5. The van der Waals surface area contributed by atoms with E-state index < -0.39 is 5.82 Å². The number of benzene rings is 2. The monoisotopic (exact) mass is 415 g/mol. The van der Waals surface area contributed by atoms with Gasteiger partial charge >= 0.3 is 0 Å². The van der Waals surface area contributed by atoms with Crippen LogP contribution in [0.1, 0.15) is 28.8 Å². The molecule has 2 aliphatic rings. The molecule has 154 valence electrons. The van der Waals surface area contributed by atoms with Crippen molar-refractivity contribution in [3.05, 3.63) is 64.4 Å². The van der Waals surface area contributed by atoms with Gasteiger partial charge in [0.15, 0.2) is 0 Å². The number of piperidine rings is 1. The standard InChI is InChI=1S/C23H27ClFN3O/c1-17-6-2-3-10-21(17)27-14-12-26(13-15-27)18-7-5-11-28(16-18)23(29)22-19(24)8-4-9-20(22)25/h2-4,6,8-10,18H,5,7,11-16H2,1H3.